The van der Waals surface area contributed by atoms with Crippen LogP contribution in [0, 0.1) is 5.41 Å². The van der Waals surface area contributed by atoms with E-state index in [4.69, 9.17) is 4.74 Å². The first-order valence-corrected chi connectivity index (χ1v) is 6.30. The van der Waals surface area contributed by atoms with Crippen molar-refractivity contribution in [2.24, 2.45) is 5.41 Å². The summed E-state index contributed by atoms with van der Waals surface area (Å²) in [6.07, 6.45) is 3.55. The fourth-order valence-electron chi connectivity index (χ4n) is 1.39. The highest BCUT2D eigenvalue weighted by atomic mass is 16.5. The maximum atomic E-state index is 5.59. The summed E-state index contributed by atoms with van der Waals surface area (Å²) in [5.74, 6) is 0. The first-order chi connectivity index (χ1) is 6.99. The van der Waals surface area contributed by atoms with E-state index in [1.54, 1.807) is 0 Å². The average Bonchev–Trinajstić information content (AvgIpc) is 2.15. The van der Waals surface area contributed by atoms with Gasteiger partial charge in [0.25, 0.3) is 0 Å². The molecular formula is C13H29NO. The van der Waals surface area contributed by atoms with Gasteiger partial charge in [0, 0.05) is 19.2 Å². The summed E-state index contributed by atoms with van der Waals surface area (Å²) in [6.45, 7) is 13.9. The van der Waals surface area contributed by atoms with Crippen molar-refractivity contribution in [3.05, 3.63) is 0 Å². The molecule has 0 heterocycles. The Labute approximate surface area is 95.8 Å². The SMILES string of the molecule is CCC(CC)NCCOCCC(C)(C)C. The number of nitrogens with one attached hydrogen (secondary N) is 1. The van der Waals surface area contributed by atoms with Crippen LogP contribution in [0.4, 0.5) is 0 Å². The van der Waals surface area contributed by atoms with Crippen molar-refractivity contribution in [1.29, 1.82) is 0 Å². The molecule has 0 aromatic heterocycles. The number of ether oxygens (including phenoxy) is 1. The van der Waals surface area contributed by atoms with E-state index in [0.29, 0.717) is 11.5 Å². The molecule has 0 bridgehead atoms. The van der Waals surface area contributed by atoms with Gasteiger partial charge in [-0.3, -0.25) is 0 Å². The van der Waals surface area contributed by atoms with Gasteiger partial charge in [0.05, 0.1) is 6.61 Å². The van der Waals surface area contributed by atoms with E-state index >= 15 is 0 Å². The van der Waals surface area contributed by atoms with Crippen LogP contribution in [0.25, 0.3) is 0 Å². The summed E-state index contributed by atoms with van der Waals surface area (Å²) in [6, 6.07) is 0.663. The molecule has 0 aromatic rings. The van der Waals surface area contributed by atoms with Gasteiger partial charge in [-0.25, -0.2) is 0 Å². The maximum Gasteiger partial charge on any atom is 0.0591 e. The van der Waals surface area contributed by atoms with Crippen LogP contribution in [0.3, 0.4) is 0 Å². The second-order valence-corrected chi connectivity index (χ2v) is 5.39. The Morgan fingerprint density at radius 2 is 1.67 bits per heavy atom. The molecule has 0 aliphatic heterocycles. The summed E-state index contributed by atoms with van der Waals surface area (Å²) in [5.41, 5.74) is 0.392. The van der Waals surface area contributed by atoms with Gasteiger partial charge in [0.15, 0.2) is 0 Å². The van der Waals surface area contributed by atoms with E-state index in [1.807, 2.05) is 0 Å². The third kappa shape index (κ3) is 10.2. The Kier molecular flexibility index (Phi) is 8.07. The van der Waals surface area contributed by atoms with Crippen LogP contribution >= 0.6 is 0 Å². The highest BCUT2D eigenvalue weighted by Gasteiger charge is 2.09. The minimum absolute atomic E-state index is 0.392. The smallest absolute Gasteiger partial charge is 0.0591 e. The van der Waals surface area contributed by atoms with E-state index in [1.165, 1.54) is 12.8 Å². The van der Waals surface area contributed by atoms with Gasteiger partial charge in [0.2, 0.25) is 0 Å². The molecule has 15 heavy (non-hydrogen) atoms. The topological polar surface area (TPSA) is 21.3 Å². The normalized spacial score (nSPS) is 12.4. The Morgan fingerprint density at radius 3 is 2.13 bits per heavy atom. The fourth-order valence-corrected chi connectivity index (χ4v) is 1.39. The third-order valence-electron chi connectivity index (χ3n) is 2.66. The first kappa shape index (κ1) is 14.9. The lowest BCUT2D eigenvalue weighted by Gasteiger charge is -2.18. The summed E-state index contributed by atoms with van der Waals surface area (Å²) < 4.78 is 5.59. The molecule has 2 heteroatoms. The van der Waals surface area contributed by atoms with Gasteiger partial charge in [-0.2, -0.15) is 0 Å². The van der Waals surface area contributed by atoms with Crippen molar-refractivity contribution in [2.75, 3.05) is 19.8 Å². The molecule has 0 aromatic carbocycles. The lowest BCUT2D eigenvalue weighted by molar-refractivity contribution is 0.108. The zero-order valence-corrected chi connectivity index (χ0v) is 11.2. The lowest BCUT2D eigenvalue weighted by Crippen LogP contribution is -2.31. The van der Waals surface area contributed by atoms with E-state index < -0.39 is 0 Å². The Balaban J connectivity index is 3.25. The molecule has 0 radical (unpaired) electrons. The largest absolute Gasteiger partial charge is 0.380 e. The molecule has 0 aliphatic rings. The quantitative estimate of drug-likeness (QED) is 0.628. The molecular weight excluding hydrogens is 186 g/mol. The summed E-state index contributed by atoms with van der Waals surface area (Å²) in [5, 5.41) is 3.49. The van der Waals surface area contributed by atoms with Crippen molar-refractivity contribution in [3.8, 4) is 0 Å². The highest BCUT2D eigenvalue weighted by Crippen LogP contribution is 2.17. The van der Waals surface area contributed by atoms with Crippen molar-refractivity contribution < 1.29 is 4.74 Å². The molecule has 0 spiro atoms. The van der Waals surface area contributed by atoms with Crippen molar-refractivity contribution in [2.45, 2.75) is 59.9 Å². The standard InChI is InChI=1S/C13H29NO/c1-6-12(7-2)14-9-11-15-10-8-13(3,4)5/h12,14H,6-11H2,1-5H3. The third-order valence-corrected chi connectivity index (χ3v) is 2.66. The maximum absolute atomic E-state index is 5.59. The minimum atomic E-state index is 0.392. The van der Waals surface area contributed by atoms with Crippen molar-refractivity contribution >= 4 is 0 Å². The monoisotopic (exact) mass is 215 g/mol. The van der Waals surface area contributed by atoms with Gasteiger partial charge < -0.3 is 10.1 Å². The van der Waals surface area contributed by atoms with Gasteiger partial charge in [-0.15, -0.1) is 0 Å². The Morgan fingerprint density at radius 1 is 1.07 bits per heavy atom. The zero-order valence-electron chi connectivity index (χ0n) is 11.2. The van der Waals surface area contributed by atoms with Gasteiger partial charge in [-0.1, -0.05) is 34.6 Å². The summed E-state index contributed by atoms with van der Waals surface area (Å²) >= 11 is 0. The molecule has 0 aliphatic carbocycles. The van der Waals surface area contributed by atoms with Gasteiger partial charge in [-0.05, 0) is 24.7 Å². The predicted molar refractivity (Wildman–Crippen MR) is 67.3 cm³/mol. The van der Waals surface area contributed by atoms with Crippen molar-refractivity contribution in [3.63, 3.8) is 0 Å². The number of hydrogen-bond acceptors (Lipinski definition) is 2. The van der Waals surface area contributed by atoms with Gasteiger partial charge >= 0.3 is 0 Å². The second kappa shape index (κ2) is 8.12. The predicted octanol–water partition coefficient (Wildman–Crippen LogP) is 3.22. The molecule has 1 N–H and O–H groups in total. The van der Waals surface area contributed by atoms with E-state index in [-0.39, 0.29) is 0 Å². The van der Waals surface area contributed by atoms with Crippen molar-refractivity contribution in [1.82, 2.24) is 5.32 Å². The average molecular weight is 215 g/mol. The van der Waals surface area contributed by atoms with Crippen LogP contribution in [0.2, 0.25) is 0 Å². The van der Waals surface area contributed by atoms with E-state index in [2.05, 4.69) is 39.9 Å². The molecule has 92 valence electrons. The van der Waals surface area contributed by atoms with Crippen LogP contribution in [0.5, 0.6) is 0 Å². The molecule has 0 amide bonds. The van der Waals surface area contributed by atoms with Crippen LogP contribution in [0.15, 0.2) is 0 Å². The molecule has 2 nitrogen and oxygen atoms in total. The number of rotatable bonds is 8. The Bertz CT molecular complexity index is 136. The van der Waals surface area contributed by atoms with Gasteiger partial charge in [0.1, 0.15) is 0 Å². The molecule has 0 unspecified atom stereocenters. The number of hydrogen-bond donors (Lipinski definition) is 1. The second-order valence-electron chi connectivity index (χ2n) is 5.39. The molecule has 0 atom stereocenters. The summed E-state index contributed by atoms with van der Waals surface area (Å²) in [7, 11) is 0. The zero-order chi connectivity index (χ0) is 11.7. The fraction of sp³-hybridized carbons (Fsp3) is 1.00. The minimum Gasteiger partial charge on any atom is -0.380 e. The van der Waals surface area contributed by atoms with Crippen LogP contribution in [-0.2, 0) is 4.74 Å². The molecule has 0 saturated heterocycles. The lowest BCUT2D eigenvalue weighted by atomic mass is 9.93. The molecule has 0 rings (SSSR count). The molecule has 0 saturated carbocycles. The summed E-state index contributed by atoms with van der Waals surface area (Å²) in [4.78, 5) is 0. The van der Waals surface area contributed by atoms with Crippen LogP contribution in [0.1, 0.15) is 53.9 Å². The van der Waals surface area contributed by atoms with Crippen LogP contribution in [-0.4, -0.2) is 25.8 Å². The van der Waals surface area contributed by atoms with Crippen LogP contribution < -0.4 is 5.32 Å². The molecule has 0 fully saturated rings. The first-order valence-electron chi connectivity index (χ1n) is 6.30. The van der Waals surface area contributed by atoms with E-state index in [9.17, 15) is 0 Å². The Hall–Kier alpha value is -0.0800. The van der Waals surface area contributed by atoms with E-state index in [0.717, 1.165) is 26.2 Å². The highest BCUT2D eigenvalue weighted by molar-refractivity contribution is 4.62.